The summed E-state index contributed by atoms with van der Waals surface area (Å²) in [6, 6.07) is 11.7. The average molecular weight is 375 g/mol. The quantitative estimate of drug-likeness (QED) is 0.801. The smallest absolute Gasteiger partial charge is 0.231 e. The second-order valence-electron chi connectivity index (χ2n) is 5.80. The third-order valence-corrected chi connectivity index (χ3v) is 4.55. The van der Waals surface area contributed by atoms with Gasteiger partial charge in [0, 0.05) is 12.1 Å². The Hall–Kier alpha value is -1.13. The van der Waals surface area contributed by atoms with E-state index in [1.54, 1.807) is 0 Å². The first-order valence-corrected chi connectivity index (χ1v) is 7.80. The SMILES string of the molecule is CC(C)(NCc1ccc(Cl)c(Cl)c1)c1ccc2c(c1)OCO2.Cl. The minimum Gasteiger partial charge on any atom is -0.454 e. The Morgan fingerprint density at radius 3 is 2.48 bits per heavy atom. The Kier molecular flexibility index (Phi) is 5.69. The Morgan fingerprint density at radius 2 is 1.74 bits per heavy atom. The van der Waals surface area contributed by atoms with Gasteiger partial charge in [0.2, 0.25) is 6.79 Å². The second kappa shape index (κ2) is 7.18. The van der Waals surface area contributed by atoms with Crippen LogP contribution >= 0.6 is 35.6 Å². The van der Waals surface area contributed by atoms with E-state index in [1.165, 1.54) is 0 Å². The van der Waals surface area contributed by atoms with Crippen molar-refractivity contribution in [2.24, 2.45) is 0 Å². The summed E-state index contributed by atoms with van der Waals surface area (Å²) < 4.78 is 10.8. The van der Waals surface area contributed by atoms with Crippen LogP contribution in [-0.4, -0.2) is 6.79 Å². The zero-order valence-corrected chi connectivity index (χ0v) is 15.2. The fraction of sp³-hybridized carbons (Fsp3) is 0.294. The lowest BCUT2D eigenvalue weighted by Crippen LogP contribution is -2.35. The third kappa shape index (κ3) is 4.04. The van der Waals surface area contributed by atoms with Crippen LogP contribution in [0.3, 0.4) is 0 Å². The molecule has 6 heteroatoms. The Bertz CT molecular complexity index is 704. The highest BCUT2D eigenvalue weighted by Gasteiger charge is 2.23. The van der Waals surface area contributed by atoms with E-state index in [0.29, 0.717) is 16.6 Å². The van der Waals surface area contributed by atoms with Gasteiger partial charge in [-0.15, -0.1) is 12.4 Å². The van der Waals surface area contributed by atoms with Crippen LogP contribution in [0.4, 0.5) is 0 Å². The van der Waals surface area contributed by atoms with Gasteiger partial charge in [-0.1, -0.05) is 35.3 Å². The van der Waals surface area contributed by atoms with Crippen molar-refractivity contribution in [1.82, 2.24) is 5.32 Å². The number of rotatable bonds is 4. The maximum absolute atomic E-state index is 6.05. The third-order valence-electron chi connectivity index (χ3n) is 3.81. The van der Waals surface area contributed by atoms with E-state index in [1.807, 2.05) is 30.3 Å². The van der Waals surface area contributed by atoms with Crippen molar-refractivity contribution in [1.29, 1.82) is 0 Å². The van der Waals surface area contributed by atoms with Crippen LogP contribution in [0.5, 0.6) is 11.5 Å². The molecule has 0 aromatic heterocycles. The van der Waals surface area contributed by atoms with Gasteiger partial charge in [-0.05, 0) is 49.2 Å². The van der Waals surface area contributed by atoms with Gasteiger partial charge < -0.3 is 14.8 Å². The summed E-state index contributed by atoms with van der Waals surface area (Å²) in [7, 11) is 0. The molecule has 2 aromatic rings. The van der Waals surface area contributed by atoms with Crippen molar-refractivity contribution >= 4 is 35.6 Å². The molecule has 0 unspecified atom stereocenters. The highest BCUT2D eigenvalue weighted by molar-refractivity contribution is 6.42. The summed E-state index contributed by atoms with van der Waals surface area (Å²) in [5, 5.41) is 4.67. The van der Waals surface area contributed by atoms with Crippen LogP contribution in [0.15, 0.2) is 36.4 Å². The molecule has 3 rings (SSSR count). The van der Waals surface area contributed by atoms with Gasteiger partial charge in [-0.25, -0.2) is 0 Å². The highest BCUT2D eigenvalue weighted by atomic mass is 35.5. The van der Waals surface area contributed by atoms with Gasteiger partial charge >= 0.3 is 0 Å². The zero-order chi connectivity index (χ0) is 15.7. The molecular weight excluding hydrogens is 357 g/mol. The second-order valence-corrected chi connectivity index (χ2v) is 6.61. The first-order chi connectivity index (χ1) is 10.5. The maximum atomic E-state index is 6.05. The molecule has 124 valence electrons. The fourth-order valence-corrected chi connectivity index (χ4v) is 2.68. The summed E-state index contributed by atoms with van der Waals surface area (Å²) in [6.45, 7) is 5.23. The predicted octanol–water partition coefficient (Wildman–Crippen LogP) is 5.17. The molecule has 1 N–H and O–H groups in total. The molecule has 23 heavy (non-hydrogen) atoms. The van der Waals surface area contributed by atoms with Crippen molar-refractivity contribution < 1.29 is 9.47 Å². The number of fused-ring (bicyclic) bond motifs is 1. The molecule has 0 amide bonds. The Morgan fingerprint density at radius 1 is 1.00 bits per heavy atom. The standard InChI is InChI=1S/C17H17Cl2NO2.ClH/c1-17(2,12-4-6-15-16(8-12)22-10-21-15)20-9-11-3-5-13(18)14(19)7-11;/h3-8,20H,9-10H2,1-2H3;1H. The average Bonchev–Trinajstić information content (AvgIpc) is 2.96. The molecule has 0 atom stereocenters. The highest BCUT2D eigenvalue weighted by Crippen LogP contribution is 2.35. The number of hydrogen-bond acceptors (Lipinski definition) is 3. The van der Waals surface area contributed by atoms with Crippen molar-refractivity contribution in [2.75, 3.05) is 6.79 Å². The maximum Gasteiger partial charge on any atom is 0.231 e. The number of benzene rings is 2. The lowest BCUT2D eigenvalue weighted by atomic mass is 9.93. The van der Waals surface area contributed by atoms with Gasteiger partial charge in [0.25, 0.3) is 0 Å². The lowest BCUT2D eigenvalue weighted by Gasteiger charge is -2.27. The summed E-state index contributed by atoms with van der Waals surface area (Å²) in [4.78, 5) is 0. The zero-order valence-electron chi connectivity index (χ0n) is 12.9. The molecule has 1 aliphatic heterocycles. The van der Waals surface area contributed by atoms with E-state index in [0.717, 1.165) is 22.6 Å². The minimum atomic E-state index is -0.215. The van der Waals surface area contributed by atoms with Gasteiger partial charge in [-0.3, -0.25) is 0 Å². The number of ether oxygens (including phenoxy) is 2. The van der Waals surface area contributed by atoms with E-state index in [-0.39, 0.29) is 24.7 Å². The summed E-state index contributed by atoms with van der Waals surface area (Å²) in [5.41, 5.74) is 2.01. The van der Waals surface area contributed by atoms with Gasteiger partial charge in [0.05, 0.1) is 10.0 Å². The lowest BCUT2D eigenvalue weighted by molar-refractivity contribution is 0.174. The molecule has 0 spiro atoms. The van der Waals surface area contributed by atoms with E-state index in [4.69, 9.17) is 32.7 Å². The van der Waals surface area contributed by atoms with E-state index >= 15 is 0 Å². The van der Waals surface area contributed by atoms with E-state index < -0.39 is 0 Å². The molecule has 0 saturated heterocycles. The minimum absolute atomic E-state index is 0. The monoisotopic (exact) mass is 373 g/mol. The van der Waals surface area contributed by atoms with Gasteiger partial charge in [0.15, 0.2) is 11.5 Å². The first kappa shape index (κ1) is 18.2. The van der Waals surface area contributed by atoms with Crippen LogP contribution in [-0.2, 0) is 12.1 Å². The molecule has 2 aromatic carbocycles. The number of hydrogen-bond donors (Lipinski definition) is 1. The topological polar surface area (TPSA) is 30.5 Å². The molecule has 3 nitrogen and oxygen atoms in total. The molecule has 0 aliphatic carbocycles. The molecule has 0 radical (unpaired) electrons. The van der Waals surface area contributed by atoms with Crippen LogP contribution in [0.25, 0.3) is 0 Å². The first-order valence-electron chi connectivity index (χ1n) is 7.05. The summed E-state index contributed by atoms with van der Waals surface area (Å²) >= 11 is 12.0. The number of nitrogens with one attached hydrogen (secondary N) is 1. The Balaban J connectivity index is 0.00000192. The number of halogens is 3. The summed E-state index contributed by atoms with van der Waals surface area (Å²) in [6.07, 6.45) is 0. The van der Waals surface area contributed by atoms with Gasteiger partial charge in [0.1, 0.15) is 0 Å². The molecule has 0 bridgehead atoms. The molecular formula is C17H18Cl3NO2. The normalized spacial score (nSPS) is 12.9. The molecule has 1 heterocycles. The van der Waals surface area contributed by atoms with E-state index in [9.17, 15) is 0 Å². The van der Waals surface area contributed by atoms with Crippen molar-refractivity contribution in [3.8, 4) is 11.5 Å². The van der Waals surface area contributed by atoms with Crippen molar-refractivity contribution in [2.45, 2.75) is 25.9 Å². The summed E-state index contributed by atoms with van der Waals surface area (Å²) in [5.74, 6) is 1.59. The van der Waals surface area contributed by atoms with Crippen molar-refractivity contribution in [3.05, 3.63) is 57.6 Å². The van der Waals surface area contributed by atoms with Crippen LogP contribution in [0.2, 0.25) is 10.0 Å². The van der Waals surface area contributed by atoms with E-state index in [2.05, 4.69) is 25.2 Å². The molecule has 0 fully saturated rings. The predicted molar refractivity (Wildman–Crippen MR) is 96.1 cm³/mol. The largest absolute Gasteiger partial charge is 0.454 e. The van der Waals surface area contributed by atoms with Crippen LogP contribution in [0, 0.1) is 0 Å². The van der Waals surface area contributed by atoms with Crippen LogP contribution in [0.1, 0.15) is 25.0 Å². The molecule has 0 saturated carbocycles. The van der Waals surface area contributed by atoms with Crippen LogP contribution < -0.4 is 14.8 Å². The fourth-order valence-electron chi connectivity index (χ4n) is 2.36. The van der Waals surface area contributed by atoms with Gasteiger partial charge in [-0.2, -0.15) is 0 Å². The Labute approximate surface area is 152 Å². The molecule has 1 aliphatic rings. The van der Waals surface area contributed by atoms with Crippen molar-refractivity contribution in [3.63, 3.8) is 0 Å².